The van der Waals surface area contributed by atoms with Crippen molar-refractivity contribution in [3.05, 3.63) is 21.9 Å². The Bertz CT molecular complexity index is 473. The number of esters is 1. The molecule has 0 saturated carbocycles. The molecule has 0 aliphatic carbocycles. The Labute approximate surface area is 105 Å². The third kappa shape index (κ3) is 4.20. The number of carbonyl (C=O) groups excluding carboxylic acids is 2. The summed E-state index contributed by atoms with van der Waals surface area (Å²) in [6.45, 7) is 3.80. The summed E-state index contributed by atoms with van der Waals surface area (Å²) in [5.41, 5.74) is 0.508. The molecule has 0 fully saturated rings. The SMILES string of the molecule is CCOC(=O)CCCCC(=O)c1[nH]c(=O)[nH]c1C. The van der Waals surface area contributed by atoms with Gasteiger partial charge in [0.25, 0.3) is 0 Å². The molecule has 1 aromatic heterocycles. The van der Waals surface area contributed by atoms with Crippen LogP contribution in [0.1, 0.15) is 48.8 Å². The summed E-state index contributed by atoms with van der Waals surface area (Å²) < 4.78 is 4.78. The highest BCUT2D eigenvalue weighted by molar-refractivity contribution is 5.95. The van der Waals surface area contributed by atoms with E-state index in [1.165, 1.54) is 0 Å². The largest absolute Gasteiger partial charge is 0.466 e. The van der Waals surface area contributed by atoms with Crippen molar-refractivity contribution in [2.75, 3.05) is 6.61 Å². The summed E-state index contributed by atoms with van der Waals surface area (Å²) in [6.07, 6.45) is 1.85. The molecule has 0 bridgehead atoms. The molecule has 0 aromatic carbocycles. The van der Waals surface area contributed by atoms with Crippen molar-refractivity contribution >= 4 is 11.8 Å². The topological polar surface area (TPSA) is 92.0 Å². The van der Waals surface area contributed by atoms with Crippen LogP contribution in [-0.2, 0) is 9.53 Å². The van der Waals surface area contributed by atoms with Gasteiger partial charge in [-0.2, -0.15) is 0 Å². The predicted molar refractivity (Wildman–Crippen MR) is 65.6 cm³/mol. The van der Waals surface area contributed by atoms with Crippen molar-refractivity contribution in [3.8, 4) is 0 Å². The average Bonchev–Trinajstić information content (AvgIpc) is 2.64. The van der Waals surface area contributed by atoms with Gasteiger partial charge in [-0.25, -0.2) is 4.79 Å². The van der Waals surface area contributed by atoms with Crippen LogP contribution in [0.5, 0.6) is 0 Å². The number of ether oxygens (including phenoxy) is 1. The maximum atomic E-state index is 11.7. The van der Waals surface area contributed by atoms with Crippen LogP contribution in [0.15, 0.2) is 4.79 Å². The minimum Gasteiger partial charge on any atom is -0.466 e. The van der Waals surface area contributed by atoms with E-state index in [1.807, 2.05) is 0 Å². The molecule has 6 heteroatoms. The van der Waals surface area contributed by atoms with Crippen molar-refractivity contribution < 1.29 is 14.3 Å². The van der Waals surface area contributed by atoms with Crippen molar-refractivity contribution in [1.82, 2.24) is 9.97 Å². The normalized spacial score (nSPS) is 10.3. The number of aryl methyl sites for hydroxylation is 1. The number of unbranched alkanes of at least 4 members (excludes halogenated alkanes) is 1. The van der Waals surface area contributed by atoms with Gasteiger partial charge in [0.15, 0.2) is 5.78 Å². The van der Waals surface area contributed by atoms with E-state index >= 15 is 0 Å². The maximum absolute atomic E-state index is 11.7. The molecule has 0 spiro atoms. The second-order valence-corrected chi connectivity index (χ2v) is 4.01. The smallest absolute Gasteiger partial charge is 0.323 e. The van der Waals surface area contributed by atoms with Crippen molar-refractivity contribution in [3.63, 3.8) is 0 Å². The van der Waals surface area contributed by atoms with Crippen molar-refractivity contribution in [1.29, 1.82) is 0 Å². The fourth-order valence-electron chi connectivity index (χ4n) is 1.66. The number of hydrogen-bond acceptors (Lipinski definition) is 4. The molecule has 0 saturated heterocycles. The van der Waals surface area contributed by atoms with Crippen LogP contribution >= 0.6 is 0 Å². The number of rotatable bonds is 7. The second-order valence-electron chi connectivity index (χ2n) is 4.01. The zero-order valence-electron chi connectivity index (χ0n) is 10.7. The van der Waals surface area contributed by atoms with Crippen LogP contribution in [0.3, 0.4) is 0 Å². The molecule has 0 aliphatic rings. The Kier molecular flexibility index (Phi) is 5.35. The maximum Gasteiger partial charge on any atom is 0.323 e. The Morgan fingerprint density at radius 3 is 2.39 bits per heavy atom. The molecular weight excluding hydrogens is 236 g/mol. The number of aromatic amines is 2. The molecule has 1 heterocycles. The van der Waals surface area contributed by atoms with Crippen LogP contribution in [0, 0.1) is 6.92 Å². The molecule has 2 N–H and O–H groups in total. The number of Topliss-reactive ketones (excluding diaryl/α,β-unsaturated/α-hetero) is 1. The lowest BCUT2D eigenvalue weighted by Gasteiger charge is -2.01. The summed E-state index contributed by atoms with van der Waals surface area (Å²) in [5, 5.41) is 0. The highest BCUT2D eigenvalue weighted by atomic mass is 16.5. The molecule has 1 aromatic rings. The molecule has 1 rings (SSSR count). The second kappa shape index (κ2) is 6.78. The Morgan fingerprint density at radius 1 is 1.17 bits per heavy atom. The zero-order chi connectivity index (χ0) is 13.5. The molecule has 0 atom stereocenters. The van der Waals surface area contributed by atoms with Gasteiger partial charge >= 0.3 is 11.7 Å². The molecule has 0 radical (unpaired) electrons. The van der Waals surface area contributed by atoms with E-state index in [-0.39, 0.29) is 17.4 Å². The molecule has 0 amide bonds. The lowest BCUT2D eigenvalue weighted by Crippen LogP contribution is -2.06. The van der Waals surface area contributed by atoms with E-state index < -0.39 is 0 Å². The van der Waals surface area contributed by atoms with Crippen molar-refractivity contribution in [2.24, 2.45) is 0 Å². The number of aromatic nitrogens is 2. The monoisotopic (exact) mass is 254 g/mol. The predicted octanol–water partition coefficient (Wildman–Crippen LogP) is 1.32. The first-order chi connectivity index (χ1) is 8.54. The summed E-state index contributed by atoms with van der Waals surface area (Å²) in [4.78, 5) is 38.8. The number of nitrogens with one attached hydrogen (secondary N) is 2. The quantitative estimate of drug-likeness (QED) is 0.436. The molecule has 18 heavy (non-hydrogen) atoms. The Morgan fingerprint density at radius 2 is 1.83 bits per heavy atom. The summed E-state index contributed by atoms with van der Waals surface area (Å²) in [6, 6.07) is 0. The zero-order valence-corrected chi connectivity index (χ0v) is 10.7. The summed E-state index contributed by atoms with van der Waals surface area (Å²) >= 11 is 0. The van der Waals surface area contributed by atoms with Gasteiger partial charge in [0, 0.05) is 18.5 Å². The molecule has 100 valence electrons. The van der Waals surface area contributed by atoms with Crippen LogP contribution in [0.25, 0.3) is 0 Å². The van der Waals surface area contributed by atoms with Crippen LogP contribution < -0.4 is 5.69 Å². The fourth-order valence-corrected chi connectivity index (χ4v) is 1.66. The third-order valence-electron chi connectivity index (χ3n) is 2.53. The minimum atomic E-state index is -0.373. The van der Waals surface area contributed by atoms with E-state index in [4.69, 9.17) is 4.74 Å². The lowest BCUT2D eigenvalue weighted by atomic mass is 10.1. The van der Waals surface area contributed by atoms with Crippen LogP contribution in [-0.4, -0.2) is 28.3 Å². The molecule has 0 unspecified atom stereocenters. The first kappa shape index (κ1) is 14.2. The van der Waals surface area contributed by atoms with Crippen molar-refractivity contribution in [2.45, 2.75) is 39.5 Å². The van der Waals surface area contributed by atoms with Crippen LogP contribution in [0.2, 0.25) is 0 Å². The van der Waals surface area contributed by atoms with E-state index in [1.54, 1.807) is 13.8 Å². The van der Waals surface area contributed by atoms with Gasteiger partial charge in [0.1, 0.15) is 5.69 Å². The standard InChI is InChI=1S/C12H18N2O4/c1-3-18-10(16)7-5-4-6-9(15)11-8(2)13-12(17)14-11/h3-7H2,1-2H3,(H2,13,14,17). The minimum absolute atomic E-state index is 0.116. The van der Waals surface area contributed by atoms with Gasteiger partial charge in [-0.05, 0) is 26.7 Å². The Hall–Kier alpha value is -1.85. The number of carbonyl (C=O) groups is 2. The fraction of sp³-hybridized carbons (Fsp3) is 0.583. The van der Waals surface area contributed by atoms with Gasteiger partial charge in [-0.3, -0.25) is 9.59 Å². The van der Waals surface area contributed by atoms with E-state index in [2.05, 4.69) is 9.97 Å². The van der Waals surface area contributed by atoms with Crippen LogP contribution in [0.4, 0.5) is 0 Å². The number of ketones is 1. The third-order valence-corrected chi connectivity index (χ3v) is 2.53. The van der Waals surface area contributed by atoms with Gasteiger partial charge in [0.2, 0.25) is 0 Å². The average molecular weight is 254 g/mol. The summed E-state index contributed by atoms with van der Waals surface area (Å²) in [7, 11) is 0. The first-order valence-corrected chi connectivity index (χ1v) is 6.02. The van der Waals surface area contributed by atoms with E-state index in [0.29, 0.717) is 43.7 Å². The lowest BCUT2D eigenvalue weighted by molar-refractivity contribution is -0.143. The number of hydrogen-bond donors (Lipinski definition) is 2. The first-order valence-electron chi connectivity index (χ1n) is 6.02. The Balaban J connectivity index is 2.32. The van der Waals surface area contributed by atoms with Gasteiger partial charge in [0.05, 0.1) is 6.61 Å². The summed E-state index contributed by atoms with van der Waals surface area (Å²) in [5.74, 6) is -0.356. The van der Waals surface area contributed by atoms with E-state index in [0.717, 1.165) is 0 Å². The molecule has 0 aliphatic heterocycles. The van der Waals surface area contributed by atoms with E-state index in [9.17, 15) is 14.4 Å². The molecular formula is C12H18N2O4. The number of H-pyrrole nitrogens is 2. The highest BCUT2D eigenvalue weighted by Gasteiger charge is 2.12. The van der Waals surface area contributed by atoms with Gasteiger partial charge < -0.3 is 14.7 Å². The highest BCUT2D eigenvalue weighted by Crippen LogP contribution is 2.08. The molecule has 6 nitrogen and oxygen atoms in total. The van der Waals surface area contributed by atoms with Gasteiger partial charge in [-0.15, -0.1) is 0 Å². The van der Waals surface area contributed by atoms with Gasteiger partial charge in [-0.1, -0.05) is 0 Å². The number of imidazole rings is 1.